The van der Waals surface area contributed by atoms with Crippen molar-refractivity contribution in [3.8, 4) is 0 Å². The normalized spacial score (nSPS) is 15.1. The number of halogens is 1. The molecule has 1 amide bonds. The Hall–Kier alpha value is -1.89. The van der Waals surface area contributed by atoms with Gasteiger partial charge in [0.2, 0.25) is 10.0 Å². The number of carbonyl (C=O) groups excluding carboxylic acids is 1. The van der Waals surface area contributed by atoms with Crippen molar-refractivity contribution in [1.29, 1.82) is 0 Å². The molecule has 2 aromatic rings. The Labute approximate surface area is 158 Å². The van der Waals surface area contributed by atoms with E-state index >= 15 is 0 Å². The average Bonchev–Trinajstić information content (AvgIpc) is 3.14. The quantitative estimate of drug-likeness (QED) is 0.790. The lowest BCUT2D eigenvalue weighted by Gasteiger charge is -2.12. The minimum atomic E-state index is -3.68. The van der Waals surface area contributed by atoms with Crippen LogP contribution in [0.1, 0.15) is 41.6 Å². The summed E-state index contributed by atoms with van der Waals surface area (Å²) in [5.41, 5.74) is 1.16. The van der Waals surface area contributed by atoms with Crippen molar-refractivity contribution in [3.63, 3.8) is 0 Å². The first-order valence-electron chi connectivity index (χ1n) is 8.60. The van der Waals surface area contributed by atoms with Gasteiger partial charge in [0.1, 0.15) is 0 Å². The van der Waals surface area contributed by atoms with E-state index in [4.69, 9.17) is 11.6 Å². The lowest BCUT2D eigenvalue weighted by molar-refractivity contribution is 0.0938. The average molecular weight is 393 g/mol. The highest BCUT2D eigenvalue weighted by atomic mass is 35.5. The Morgan fingerprint density at radius 3 is 2.35 bits per heavy atom. The first kappa shape index (κ1) is 18.9. The third-order valence-corrected chi connectivity index (χ3v) is 6.31. The van der Waals surface area contributed by atoms with Gasteiger partial charge in [0.05, 0.1) is 4.90 Å². The van der Waals surface area contributed by atoms with Gasteiger partial charge in [0.25, 0.3) is 5.91 Å². The zero-order chi connectivity index (χ0) is 18.6. The number of amides is 1. The van der Waals surface area contributed by atoms with Gasteiger partial charge >= 0.3 is 0 Å². The van der Waals surface area contributed by atoms with Gasteiger partial charge in [-0.05, 0) is 48.7 Å². The first-order valence-corrected chi connectivity index (χ1v) is 10.5. The highest BCUT2D eigenvalue weighted by molar-refractivity contribution is 7.89. The molecule has 1 aliphatic carbocycles. The predicted molar refractivity (Wildman–Crippen MR) is 102 cm³/mol. The minimum Gasteiger partial charge on any atom is -0.349 e. The third-order valence-electron chi connectivity index (χ3n) is 4.53. The van der Waals surface area contributed by atoms with Crippen molar-refractivity contribution in [2.24, 2.45) is 0 Å². The topological polar surface area (TPSA) is 75.3 Å². The number of sulfonamides is 1. The SMILES string of the molecule is O=C(NC1CCCC1)c1ccc(S(=O)(=O)NCc2ccccc2Cl)cc1. The summed E-state index contributed by atoms with van der Waals surface area (Å²) in [4.78, 5) is 12.3. The molecular formula is C19H21ClN2O3S. The van der Waals surface area contributed by atoms with Crippen LogP contribution in [0.4, 0.5) is 0 Å². The van der Waals surface area contributed by atoms with E-state index in [0.717, 1.165) is 25.7 Å². The molecule has 1 aliphatic rings. The smallest absolute Gasteiger partial charge is 0.251 e. The molecule has 7 heteroatoms. The van der Waals surface area contributed by atoms with Crippen molar-refractivity contribution in [3.05, 3.63) is 64.7 Å². The number of benzene rings is 2. The van der Waals surface area contributed by atoms with E-state index in [1.807, 2.05) is 0 Å². The molecular weight excluding hydrogens is 372 g/mol. The van der Waals surface area contributed by atoms with Gasteiger partial charge in [-0.3, -0.25) is 4.79 Å². The summed E-state index contributed by atoms with van der Waals surface area (Å²) in [6, 6.07) is 13.2. The van der Waals surface area contributed by atoms with Crippen LogP contribution in [0, 0.1) is 0 Å². The molecule has 0 radical (unpaired) electrons. The Bertz CT molecular complexity index is 876. The standard InChI is InChI=1S/C19H21ClN2O3S/c20-18-8-4-1-5-15(18)13-21-26(24,25)17-11-9-14(10-12-17)19(23)22-16-6-2-3-7-16/h1,4-5,8-12,16,21H,2-3,6-7,13H2,(H,22,23). The molecule has 0 aromatic heterocycles. The number of hydrogen-bond acceptors (Lipinski definition) is 3. The van der Waals surface area contributed by atoms with Crippen LogP contribution in [-0.2, 0) is 16.6 Å². The van der Waals surface area contributed by atoms with Crippen molar-refractivity contribution >= 4 is 27.5 Å². The largest absolute Gasteiger partial charge is 0.349 e. The highest BCUT2D eigenvalue weighted by Crippen LogP contribution is 2.19. The molecule has 26 heavy (non-hydrogen) atoms. The zero-order valence-corrected chi connectivity index (χ0v) is 15.8. The number of rotatable bonds is 6. The van der Waals surface area contributed by atoms with Crippen LogP contribution in [0.15, 0.2) is 53.4 Å². The van der Waals surface area contributed by atoms with Crippen molar-refractivity contribution in [1.82, 2.24) is 10.0 Å². The Morgan fingerprint density at radius 1 is 1.04 bits per heavy atom. The zero-order valence-electron chi connectivity index (χ0n) is 14.2. The second kappa shape index (κ2) is 8.20. The van der Waals surface area contributed by atoms with Gasteiger partial charge in [-0.2, -0.15) is 0 Å². The summed E-state index contributed by atoms with van der Waals surface area (Å²) in [7, 11) is -3.68. The fourth-order valence-corrected chi connectivity index (χ4v) is 4.23. The van der Waals surface area contributed by atoms with Gasteiger partial charge in [-0.1, -0.05) is 42.6 Å². The second-order valence-corrected chi connectivity index (χ2v) is 8.57. The molecule has 5 nitrogen and oxygen atoms in total. The number of carbonyl (C=O) groups is 1. The molecule has 2 N–H and O–H groups in total. The van der Waals surface area contributed by atoms with Crippen LogP contribution in [0.2, 0.25) is 5.02 Å². The van der Waals surface area contributed by atoms with Gasteiger partial charge in [-0.15, -0.1) is 0 Å². The lowest BCUT2D eigenvalue weighted by Crippen LogP contribution is -2.32. The van der Waals surface area contributed by atoms with Gasteiger partial charge < -0.3 is 5.32 Å². The van der Waals surface area contributed by atoms with Crippen LogP contribution in [0.5, 0.6) is 0 Å². The summed E-state index contributed by atoms with van der Waals surface area (Å²) in [5.74, 6) is -0.162. The van der Waals surface area contributed by atoms with E-state index in [9.17, 15) is 13.2 Å². The molecule has 0 bridgehead atoms. The molecule has 2 aromatic carbocycles. The first-order chi connectivity index (χ1) is 12.5. The van der Waals surface area contributed by atoms with Crippen LogP contribution in [-0.4, -0.2) is 20.4 Å². The van der Waals surface area contributed by atoms with E-state index < -0.39 is 10.0 Å². The number of hydrogen-bond donors (Lipinski definition) is 2. The molecule has 0 aliphatic heterocycles. The minimum absolute atomic E-state index is 0.103. The Balaban J connectivity index is 1.64. The molecule has 0 spiro atoms. The second-order valence-electron chi connectivity index (χ2n) is 6.40. The summed E-state index contributed by atoms with van der Waals surface area (Å²) < 4.78 is 27.4. The van der Waals surface area contributed by atoms with Crippen molar-refractivity contribution in [2.75, 3.05) is 0 Å². The van der Waals surface area contributed by atoms with E-state index in [0.29, 0.717) is 16.1 Å². The van der Waals surface area contributed by atoms with Crippen LogP contribution in [0.25, 0.3) is 0 Å². The molecule has 1 fully saturated rings. The van der Waals surface area contributed by atoms with Gasteiger partial charge in [0, 0.05) is 23.2 Å². The summed E-state index contributed by atoms with van der Waals surface area (Å²) in [6.07, 6.45) is 4.28. The summed E-state index contributed by atoms with van der Waals surface area (Å²) in [6.45, 7) is 0.103. The summed E-state index contributed by atoms with van der Waals surface area (Å²) >= 11 is 6.05. The molecule has 0 saturated heterocycles. The fraction of sp³-hybridized carbons (Fsp3) is 0.316. The van der Waals surface area contributed by atoms with E-state index in [1.54, 1.807) is 24.3 Å². The van der Waals surface area contributed by atoms with E-state index in [-0.39, 0.29) is 23.4 Å². The number of nitrogens with one attached hydrogen (secondary N) is 2. The highest BCUT2D eigenvalue weighted by Gasteiger charge is 2.19. The molecule has 0 heterocycles. The molecule has 3 rings (SSSR count). The summed E-state index contributed by atoms with van der Waals surface area (Å²) in [5, 5.41) is 3.50. The molecule has 0 atom stereocenters. The van der Waals surface area contributed by atoms with Crippen molar-refractivity contribution in [2.45, 2.75) is 43.2 Å². The fourth-order valence-electron chi connectivity index (χ4n) is 3.02. The third kappa shape index (κ3) is 4.63. The Morgan fingerprint density at radius 2 is 1.69 bits per heavy atom. The van der Waals surface area contributed by atoms with Crippen LogP contribution >= 0.6 is 11.6 Å². The predicted octanol–water partition coefficient (Wildman–Crippen LogP) is 3.49. The van der Waals surface area contributed by atoms with Crippen LogP contribution in [0.3, 0.4) is 0 Å². The maximum Gasteiger partial charge on any atom is 0.251 e. The molecule has 1 saturated carbocycles. The Kier molecular flexibility index (Phi) is 5.96. The van der Waals surface area contributed by atoms with Crippen molar-refractivity contribution < 1.29 is 13.2 Å². The molecule has 0 unspecified atom stereocenters. The maximum absolute atomic E-state index is 12.4. The maximum atomic E-state index is 12.4. The van der Waals surface area contributed by atoms with Gasteiger partial charge in [0.15, 0.2) is 0 Å². The lowest BCUT2D eigenvalue weighted by atomic mass is 10.2. The van der Waals surface area contributed by atoms with Crippen LogP contribution < -0.4 is 10.0 Å². The van der Waals surface area contributed by atoms with E-state index in [1.165, 1.54) is 24.3 Å². The monoisotopic (exact) mass is 392 g/mol. The van der Waals surface area contributed by atoms with Gasteiger partial charge in [-0.25, -0.2) is 13.1 Å². The molecule has 138 valence electrons. The van der Waals surface area contributed by atoms with E-state index in [2.05, 4.69) is 10.0 Å².